The maximum Gasteiger partial charge on any atom is 0.372 e. The van der Waals surface area contributed by atoms with Gasteiger partial charge >= 0.3 is 11.9 Å². The van der Waals surface area contributed by atoms with Crippen LogP contribution in [0.5, 0.6) is 0 Å². The van der Waals surface area contributed by atoms with Crippen molar-refractivity contribution in [3.63, 3.8) is 0 Å². The molecule has 1 unspecified atom stereocenters. The van der Waals surface area contributed by atoms with Crippen molar-refractivity contribution < 1.29 is 19.4 Å². The minimum Gasteiger partial charge on any atom is -0.370 e. The van der Waals surface area contributed by atoms with Crippen LogP contribution in [0.1, 0.15) is 84.0 Å². The second kappa shape index (κ2) is 21.6. The van der Waals surface area contributed by atoms with Crippen LogP contribution < -0.4 is 17.2 Å². The number of nitrogens with two attached hydrogens (primary N) is 3. The Hall–Kier alpha value is -2.61. The Morgan fingerprint density at radius 1 is 0.844 bits per heavy atom. The molecule has 6 N–H and O–H groups in total. The first-order valence-electron chi connectivity index (χ1n) is 11.6. The van der Waals surface area contributed by atoms with Crippen molar-refractivity contribution in [3.8, 4) is 0 Å². The van der Waals surface area contributed by atoms with Gasteiger partial charge < -0.3 is 17.2 Å². The summed E-state index contributed by atoms with van der Waals surface area (Å²) in [4.78, 5) is 36.1. The van der Waals surface area contributed by atoms with Gasteiger partial charge in [-0.05, 0) is 51.4 Å². The average Bonchev–Trinajstić information content (AvgIpc) is 2.77. The lowest BCUT2D eigenvalue weighted by Gasteiger charge is -2.09. The number of unbranched alkanes of at least 4 members (excludes halogenated alkanes) is 5. The van der Waals surface area contributed by atoms with Crippen molar-refractivity contribution in [3.05, 3.63) is 36.5 Å². The highest BCUT2D eigenvalue weighted by molar-refractivity contribution is 5.77. The van der Waals surface area contributed by atoms with Gasteiger partial charge in [-0.3, -0.25) is 4.99 Å². The van der Waals surface area contributed by atoms with Gasteiger partial charge in [0.15, 0.2) is 5.96 Å². The summed E-state index contributed by atoms with van der Waals surface area (Å²) in [5.41, 5.74) is 16.1. The van der Waals surface area contributed by atoms with Gasteiger partial charge in [-0.1, -0.05) is 62.6 Å². The number of guanidine groups is 1. The van der Waals surface area contributed by atoms with Gasteiger partial charge in [0, 0.05) is 6.54 Å². The van der Waals surface area contributed by atoms with E-state index in [1.54, 1.807) is 0 Å². The highest BCUT2D eigenvalue weighted by Crippen LogP contribution is 2.09. The van der Waals surface area contributed by atoms with Gasteiger partial charge in [0.25, 0.3) is 0 Å². The lowest BCUT2D eigenvalue weighted by Crippen LogP contribution is -2.33. The molecule has 0 aliphatic carbocycles. The SMILES string of the molecule is CC/C=C\C/C=C\C/C=C\CCCCCCCC(=O)OOC(=O)C(N)CCCN=C(N)N. The van der Waals surface area contributed by atoms with Gasteiger partial charge in [0.2, 0.25) is 0 Å². The Morgan fingerprint density at radius 2 is 1.47 bits per heavy atom. The smallest absolute Gasteiger partial charge is 0.370 e. The molecule has 32 heavy (non-hydrogen) atoms. The highest BCUT2D eigenvalue weighted by Gasteiger charge is 2.18. The fraction of sp³-hybridized carbons (Fsp3) is 0.625. The molecular formula is C24H42N4O4. The maximum atomic E-state index is 11.7. The van der Waals surface area contributed by atoms with Crippen molar-refractivity contribution in [2.24, 2.45) is 22.2 Å². The quantitative estimate of drug-likeness (QED) is 0.0716. The van der Waals surface area contributed by atoms with Crippen LogP contribution in [-0.4, -0.2) is 30.5 Å². The van der Waals surface area contributed by atoms with Crippen LogP contribution >= 0.6 is 0 Å². The van der Waals surface area contributed by atoms with Crippen molar-refractivity contribution in [1.82, 2.24) is 0 Å². The van der Waals surface area contributed by atoms with Crippen LogP contribution in [0.4, 0.5) is 0 Å². The van der Waals surface area contributed by atoms with Gasteiger partial charge in [-0.2, -0.15) is 0 Å². The Labute approximate surface area is 192 Å². The predicted molar refractivity (Wildman–Crippen MR) is 129 cm³/mol. The first kappa shape index (κ1) is 29.4. The first-order valence-corrected chi connectivity index (χ1v) is 11.6. The lowest BCUT2D eigenvalue weighted by atomic mass is 10.1. The largest absolute Gasteiger partial charge is 0.372 e. The van der Waals surface area contributed by atoms with E-state index in [0.29, 0.717) is 25.8 Å². The van der Waals surface area contributed by atoms with E-state index in [1.807, 2.05) is 0 Å². The molecule has 182 valence electrons. The summed E-state index contributed by atoms with van der Waals surface area (Å²) in [5.74, 6) is -1.35. The number of hydrogen-bond donors (Lipinski definition) is 3. The Morgan fingerprint density at radius 3 is 2.16 bits per heavy atom. The van der Waals surface area contributed by atoms with E-state index < -0.39 is 18.0 Å². The molecular weight excluding hydrogens is 408 g/mol. The number of allylic oxidation sites excluding steroid dienone is 6. The van der Waals surface area contributed by atoms with Crippen molar-refractivity contribution in [1.29, 1.82) is 0 Å². The molecule has 8 nitrogen and oxygen atoms in total. The molecule has 0 saturated carbocycles. The number of carbonyl (C=O) groups is 2. The van der Waals surface area contributed by atoms with E-state index in [0.717, 1.165) is 51.4 Å². The second-order valence-corrected chi connectivity index (χ2v) is 7.51. The minimum atomic E-state index is -0.884. The van der Waals surface area contributed by atoms with Gasteiger partial charge in [0.1, 0.15) is 6.04 Å². The Kier molecular flexibility index (Phi) is 19.9. The summed E-state index contributed by atoms with van der Waals surface area (Å²) in [6, 6.07) is -0.884. The van der Waals surface area contributed by atoms with Crippen LogP contribution in [0, 0.1) is 0 Å². The summed E-state index contributed by atoms with van der Waals surface area (Å²) in [5, 5.41) is 0. The molecule has 0 fully saturated rings. The summed E-state index contributed by atoms with van der Waals surface area (Å²) >= 11 is 0. The lowest BCUT2D eigenvalue weighted by molar-refractivity contribution is -0.260. The fourth-order valence-corrected chi connectivity index (χ4v) is 2.72. The van der Waals surface area contributed by atoms with Crippen molar-refractivity contribution in [2.75, 3.05) is 6.54 Å². The van der Waals surface area contributed by atoms with E-state index in [4.69, 9.17) is 17.2 Å². The Balaban J connectivity index is 3.57. The van der Waals surface area contributed by atoms with Gasteiger partial charge in [0.05, 0.1) is 6.42 Å². The number of nitrogens with zero attached hydrogens (tertiary/aromatic N) is 1. The zero-order valence-electron chi connectivity index (χ0n) is 19.5. The number of aliphatic imine (C=N–C) groups is 1. The van der Waals surface area contributed by atoms with Crippen LogP contribution in [0.25, 0.3) is 0 Å². The summed E-state index contributed by atoms with van der Waals surface area (Å²) in [7, 11) is 0. The fourth-order valence-electron chi connectivity index (χ4n) is 2.72. The zero-order valence-corrected chi connectivity index (χ0v) is 19.5. The molecule has 8 heteroatoms. The third kappa shape index (κ3) is 20.7. The normalized spacial score (nSPS) is 12.4. The maximum absolute atomic E-state index is 11.7. The predicted octanol–water partition coefficient (Wildman–Crippen LogP) is 3.96. The molecule has 0 amide bonds. The molecule has 0 saturated heterocycles. The third-order valence-electron chi connectivity index (χ3n) is 4.52. The van der Waals surface area contributed by atoms with E-state index >= 15 is 0 Å². The first-order chi connectivity index (χ1) is 15.5. The van der Waals surface area contributed by atoms with Gasteiger partial charge in [-0.25, -0.2) is 19.4 Å². The number of hydrogen-bond acceptors (Lipinski definition) is 6. The molecule has 0 rings (SSSR count). The van der Waals surface area contributed by atoms with E-state index in [-0.39, 0.29) is 12.4 Å². The second-order valence-electron chi connectivity index (χ2n) is 7.51. The van der Waals surface area contributed by atoms with Gasteiger partial charge in [-0.15, -0.1) is 0 Å². The monoisotopic (exact) mass is 450 g/mol. The van der Waals surface area contributed by atoms with Crippen molar-refractivity contribution in [2.45, 2.75) is 90.0 Å². The molecule has 0 aliphatic heterocycles. The average molecular weight is 451 g/mol. The summed E-state index contributed by atoms with van der Waals surface area (Å²) in [6.45, 7) is 2.50. The number of rotatable bonds is 18. The highest BCUT2D eigenvalue weighted by atomic mass is 17.2. The zero-order chi connectivity index (χ0) is 23.9. The molecule has 0 spiro atoms. The standard InChI is InChI=1S/C24H42N4O4/c1-2-3-4-5-6-7-8-9-10-11-12-13-14-15-16-19-22(29)31-32-23(30)21(25)18-17-20-28-24(26)27/h3-4,6-7,9-10,21H,2,5,8,11-20,25H2,1H3,(H4,26,27,28)/b4-3-,7-6-,10-9-. The molecule has 1 atom stereocenters. The number of carbonyl (C=O) groups excluding carboxylic acids is 2. The molecule has 0 bridgehead atoms. The molecule has 0 aromatic carbocycles. The van der Waals surface area contributed by atoms with E-state index in [1.165, 1.54) is 0 Å². The van der Waals surface area contributed by atoms with E-state index in [2.05, 4.69) is 58.1 Å². The topological polar surface area (TPSA) is 143 Å². The molecule has 0 radical (unpaired) electrons. The molecule has 0 aromatic rings. The summed E-state index contributed by atoms with van der Waals surface area (Å²) in [6.07, 6.45) is 23.4. The molecule has 0 aliphatic rings. The third-order valence-corrected chi connectivity index (χ3v) is 4.52. The van der Waals surface area contributed by atoms with Crippen LogP contribution in [-0.2, 0) is 19.4 Å². The molecule has 0 heterocycles. The molecule has 0 aromatic heterocycles. The van der Waals surface area contributed by atoms with Crippen LogP contribution in [0.3, 0.4) is 0 Å². The van der Waals surface area contributed by atoms with E-state index in [9.17, 15) is 9.59 Å². The van der Waals surface area contributed by atoms with Crippen LogP contribution in [0.15, 0.2) is 41.4 Å². The summed E-state index contributed by atoms with van der Waals surface area (Å²) < 4.78 is 0. The van der Waals surface area contributed by atoms with Crippen molar-refractivity contribution >= 4 is 17.9 Å². The Bertz CT molecular complexity index is 611. The van der Waals surface area contributed by atoms with Crippen LogP contribution in [0.2, 0.25) is 0 Å². The minimum absolute atomic E-state index is 0.0124.